The first-order chi connectivity index (χ1) is 7.09. The van der Waals surface area contributed by atoms with Crippen LogP contribution in [-0.2, 0) is 20.1 Å². The molecule has 0 saturated carbocycles. The SMILES string of the molecule is CS(=O)(=O)Nc1cc(N)ccc1S(=O)(=O)O. The molecule has 0 heterocycles. The van der Waals surface area contributed by atoms with Gasteiger partial charge in [-0.2, -0.15) is 8.42 Å². The Morgan fingerprint density at radius 2 is 1.81 bits per heavy atom. The summed E-state index contributed by atoms with van der Waals surface area (Å²) in [5.74, 6) is 0. The van der Waals surface area contributed by atoms with Crippen LogP contribution >= 0.6 is 0 Å². The molecule has 0 spiro atoms. The summed E-state index contributed by atoms with van der Waals surface area (Å²) in [7, 11) is -8.16. The van der Waals surface area contributed by atoms with Gasteiger partial charge in [-0.1, -0.05) is 0 Å². The van der Waals surface area contributed by atoms with Gasteiger partial charge in [0.2, 0.25) is 10.0 Å². The third-order valence-corrected chi connectivity index (χ3v) is 3.08. The third kappa shape index (κ3) is 3.36. The van der Waals surface area contributed by atoms with E-state index < -0.39 is 25.0 Å². The summed E-state index contributed by atoms with van der Waals surface area (Å²) in [4.78, 5) is -0.549. The van der Waals surface area contributed by atoms with Gasteiger partial charge in [0.05, 0.1) is 11.9 Å². The zero-order valence-electron chi connectivity index (χ0n) is 8.21. The van der Waals surface area contributed by atoms with E-state index in [0.717, 1.165) is 18.4 Å². The molecule has 0 bridgehead atoms. The second-order valence-electron chi connectivity index (χ2n) is 3.10. The van der Waals surface area contributed by atoms with Crippen molar-refractivity contribution in [2.24, 2.45) is 0 Å². The minimum Gasteiger partial charge on any atom is -0.399 e. The quantitative estimate of drug-likeness (QED) is 0.517. The van der Waals surface area contributed by atoms with Crippen molar-refractivity contribution >= 4 is 31.5 Å². The van der Waals surface area contributed by atoms with Crippen LogP contribution in [0, 0.1) is 0 Å². The number of hydrogen-bond donors (Lipinski definition) is 3. The average molecular weight is 266 g/mol. The minimum atomic E-state index is -4.51. The van der Waals surface area contributed by atoms with E-state index in [1.165, 1.54) is 6.07 Å². The number of rotatable bonds is 3. The Morgan fingerprint density at radius 3 is 2.25 bits per heavy atom. The summed E-state index contributed by atoms with van der Waals surface area (Å²) in [6, 6.07) is 3.35. The molecular weight excluding hydrogens is 256 g/mol. The number of nitrogens with one attached hydrogen (secondary N) is 1. The van der Waals surface area contributed by atoms with E-state index in [-0.39, 0.29) is 11.4 Å². The van der Waals surface area contributed by atoms with Crippen LogP contribution in [0.5, 0.6) is 0 Å². The maximum Gasteiger partial charge on any atom is 0.296 e. The van der Waals surface area contributed by atoms with Gasteiger partial charge in [-0.15, -0.1) is 0 Å². The van der Waals surface area contributed by atoms with Crippen LogP contribution in [-0.4, -0.2) is 27.6 Å². The van der Waals surface area contributed by atoms with Crippen LogP contribution in [0.25, 0.3) is 0 Å². The fourth-order valence-electron chi connectivity index (χ4n) is 1.05. The number of nitrogen functional groups attached to an aromatic ring is 1. The van der Waals surface area contributed by atoms with Gasteiger partial charge in [0, 0.05) is 5.69 Å². The van der Waals surface area contributed by atoms with Gasteiger partial charge in [0.1, 0.15) is 4.90 Å². The molecule has 1 aromatic rings. The Balaban J connectivity index is 3.42. The van der Waals surface area contributed by atoms with Crippen LogP contribution in [0.4, 0.5) is 11.4 Å². The van der Waals surface area contributed by atoms with Crippen LogP contribution < -0.4 is 10.5 Å². The summed E-state index contributed by atoms with van der Waals surface area (Å²) in [6.45, 7) is 0. The highest BCUT2D eigenvalue weighted by molar-refractivity contribution is 7.92. The first-order valence-electron chi connectivity index (χ1n) is 3.94. The standard InChI is InChI=1S/C7H10N2O5S2/c1-15(10,11)9-6-4-5(8)2-3-7(6)16(12,13)14/h2-4,9H,8H2,1H3,(H,12,13,14). The molecule has 0 aliphatic heterocycles. The zero-order valence-corrected chi connectivity index (χ0v) is 9.84. The van der Waals surface area contributed by atoms with Gasteiger partial charge in [-0.3, -0.25) is 9.27 Å². The largest absolute Gasteiger partial charge is 0.399 e. The summed E-state index contributed by atoms with van der Waals surface area (Å²) < 4.78 is 54.6. The van der Waals surface area contributed by atoms with E-state index in [1.54, 1.807) is 0 Å². The van der Waals surface area contributed by atoms with Crippen molar-refractivity contribution in [3.8, 4) is 0 Å². The molecule has 0 aliphatic carbocycles. The van der Waals surface area contributed by atoms with Crippen LogP contribution in [0.3, 0.4) is 0 Å². The first-order valence-corrected chi connectivity index (χ1v) is 7.27. The molecule has 0 saturated heterocycles. The molecule has 0 unspecified atom stereocenters. The number of hydrogen-bond acceptors (Lipinski definition) is 5. The van der Waals surface area contributed by atoms with Gasteiger partial charge in [0.15, 0.2) is 0 Å². The summed E-state index contributed by atoms with van der Waals surface area (Å²) in [5, 5.41) is 0. The predicted molar refractivity (Wildman–Crippen MR) is 59.1 cm³/mol. The van der Waals surface area contributed by atoms with E-state index in [4.69, 9.17) is 10.3 Å². The number of sulfonamides is 1. The fraction of sp³-hybridized carbons (Fsp3) is 0.143. The summed E-state index contributed by atoms with van der Waals surface area (Å²) >= 11 is 0. The van der Waals surface area contributed by atoms with E-state index in [9.17, 15) is 16.8 Å². The molecule has 4 N–H and O–H groups in total. The van der Waals surface area contributed by atoms with Crippen LogP contribution in [0.2, 0.25) is 0 Å². The normalized spacial score (nSPS) is 12.4. The Morgan fingerprint density at radius 1 is 1.25 bits per heavy atom. The molecule has 0 aliphatic rings. The van der Waals surface area contributed by atoms with Crippen molar-refractivity contribution in [2.75, 3.05) is 16.7 Å². The fourth-order valence-corrected chi connectivity index (χ4v) is 2.31. The lowest BCUT2D eigenvalue weighted by Crippen LogP contribution is -2.13. The summed E-state index contributed by atoms with van der Waals surface area (Å²) in [6.07, 6.45) is 0.851. The second kappa shape index (κ2) is 3.92. The molecule has 16 heavy (non-hydrogen) atoms. The third-order valence-electron chi connectivity index (χ3n) is 1.58. The monoisotopic (exact) mass is 266 g/mol. The molecular formula is C7H10N2O5S2. The van der Waals surface area contributed by atoms with E-state index >= 15 is 0 Å². The highest BCUT2D eigenvalue weighted by atomic mass is 32.2. The van der Waals surface area contributed by atoms with Gasteiger partial charge in [0.25, 0.3) is 10.1 Å². The molecule has 0 amide bonds. The molecule has 0 fully saturated rings. The maximum absolute atomic E-state index is 11.0. The molecule has 9 heteroatoms. The maximum atomic E-state index is 11.0. The average Bonchev–Trinajstić information content (AvgIpc) is 1.97. The Bertz CT molecular complexity index is 606. The molecule has 90 valence electrons. The number of nitrogens with two attached hydrogens (primary N) is 1. The first kappa shape index (κ1) is 12.7. The van der Waals surface area contributed by atoms with Crippen molar-refractivity contribution in [1.29, 1.82) is 0 Å². The molecule has 1 rings (SSSR count). The Kier molecular flexibility index (Phi) is 3.13. The second-order valence-corrected chi connectivity index (χ2v) is 6.24. The van der Waals surface area contributed by atoms with Crippen molar-refractivity contribution in [1.82, 2.24) is 0 Å². The lowest BCUT2D eigenvalue weighted by Gasteiger charge is -2.08. The summed E-state index contributed by atoms with van der Waals surface area (Å²) in [5.41, 5.74) is 5.26. The van der Waals surface area contributed by atoms with E-state index in [0.29, 0.717) is 0 Å². The van der Waals surface area contributed by atoms with Gasteiger partial charge in [-0.05, 0) is 18.2 Å². The van der Waals surface area contributed by atoms with E-state index in [2.05, 4.69) is 0 Å². The number of benzene rings is 1. The number of anilines is 2. The Labute approximate surface area is 93.1 Å². The zero-order chi connectivity index (χ0) is 12.6. The van der Waals surface area contributed by atoms with Gasteiger partial charge >= 0.3 is 0 Å². The topological polar surface area (TPSA) is 127 Å². The van der Waals surface area contributed by atoms with Crippen LogP contribution in [0.1, 0.15) is 0 Å². The molecule has 0 atom stereocenters. The van der Waals surface area contributed by atoms with Crippen LogP contribution in [0.15, 0.2) is 23.1 Å². The van der Waals surface area contributed by atoms with Crippen molar-refractivity contribution in [3.63, 3.8) is 0 Å². The molecule has 0 aromatic heterocycles. The highest BCUT2D eigenvalue weighted by Crippen LogP contribution is 2.24. The smallest absolute Gasteiger partial charge is 0.296 e. The van der Waals surface area contributed by atoms with Gasteiger partial charge in [-0.25, -0.2) is 8.42 Å². The molecule has 0 radical (unpaired) electrons. The Hall–Kier alpha value is -1.32. The van der Waals surface area contributed by atoms with E-state index in [1.807, 2.05) is 4.72 Å². The predicted octanol–water partition coefficient (Wildman–Crippen LogP) is -0.113. The van der Waals surface area contributed by atoms with Crippen molar-refractivity contribution < 1.29 is 21.4 Å². The minimum absolute atomic E-state index is 0.165. The highest BCUT2D eigenvalue weighted by Gasteiger charge is 2.17. The lowest BCUT2D eigenvalue weighted by atomic mass is 10.3. The molecule has 1 aromatic carbocycles. The van der Waals surface area contributed by atoms with Crippen molar-refractivity contribution in [2.45, 2.75) is 4.90 Å². The lowest BCUT2D eigenvalue weighted by molar-refractivity contribution is 0.483. The van der Waals surface area contributed by atoms with Gasteiger partial charge < -0.3 is 5.73 Å². The molecule has 7 nitrogen and oxygen atoms in total. The van der Waals surface area contributed by atoms with Crippen molar-refractivity contribution in [3.05, 3.63) is 18.2 Å².